The Hall–Kier alpha value is -1.29. The van der Waals surface area contributed by atoms with Crippen LogP contribution in [0.2, 0.25) is 0 Å². The van der Waals surface area contributed by atoms with Gasteiger partial charge in [0.1, 0.15) is 0 Å². The minimum absolute atomic E-state index is 0.335. The van der Waals surface area contributed by atoms with Crippen LogP contribution in [-0.4, -0.2) is 23.0 Å². The van der Waals surface area contributed by atoms with Crippen molar-refractivity contribution in [2.45, 2.75) is 6.42 Å². The van der Waals surface area contributed by atoms with Crippen LogP contribution in [0.3, 0.4) is 0 Å². The van der Waals surface area contributed by atoms with Crippen molar-refractivity contribution in [2.75, 3.05) is 6.54 Å². The third-order valence-corrected chi connectivity index (χ3v) is 0.932. The van der Waals surface area contributed by atoms with Gasteiger partial charge >= 0.3 is 0 Å². The largest absolute Gasteiger partial charge is 0.503 e. The summed E-state index contributed by atoms with van der Waals surface area (Å²) in [6.07, 6.45) is 3.10. The molecule has 0 spiro atoms. The number of aliphatic hydroxyl groups is 2. The molecule has 0 rings (SSSR count). The topological polar surface area (TPSA) is 78.8 Å². The zero-order chi connectivity index (χ0) is 8.69. The van der Waals surface area contributed by atoms with Crippen LogP contribution in [0, 0.1) is 0 Å². The summed E-state index contributed by atoms with van der Waals surface area (Å²) in [5.74, 6) is -0.772. The van der Waals surface area contributed by atoms with E-state index in [1.54, 1.807) is 0 Å². The third kappa shape index (κ3) is 4.16. The predicted octanol–water partition coefficient (Wildman–Crippen LogP) is 0.877. The van der Waals surface area contributed by atoms with Crippen molar-refractivity contribution in [3.8, 4) is 0 Å². The molecule has 0 amide bonds. The number of aliphatic hydroxyl groups excluding tert-OH is 2. The van der Waals surface area contributed by atoms with Crippen LogP contribution >= 0.6 is 0 Å². The molecule has 0 saturated carbocycles. The summed E-state index contributed by atoms with van der Waals surface area (Å²) in [4.78, 5) is 3.49. The summed E-state index contributed by atoms with van der Waals surface area (Å²) < 4.78 is 0. The zero-order valence-corrected chi connectivity index (χ0v) is 6.20. The Morgan fingerprint density at radius 2 is 2.18 bits per heavy atom. The van der Waals surface area contributed by atoms with Gasteiger partial charge in [-0.3, -0.25) is 0 Å². The van der Waals surface area contributed by atoms with E-state index in [2.05, 4.69) is 11.6 Å². The van der Waals surface area contributed by atoms with Gasteiger partial charge in [-0.05, 0) is 19.0 Å². The van der Waals surface area contributed by atoms with Crippen LogP contribution in [0.15, 0.2) is 29.3 Å². The number of hydrogen-bond acceptors (Lipinski definition) is 4. The quantitative estimate of drug-likeness (QED) is 0.321. The van der Waals surface area contributed by atoms with E-state index in [-0.39, 0.29) is 5.76 Å². The Balaban J connectivity index is 4.03. The van der Waals surface area contributed by atoms with Gasteiger partial charge in [0.25, 0.3) is 5.88 Å². The van der Waals surface area contributed by atoms with Crippen molar-refractivity contribution >= 4 is 6.21 Å². The Morgan fingerprint density at radius 1 is 1.55 bits per heavy atom. The first kappa shape index (κ1) is 9.71. The van der Waals surface area contributed by atoms with E-state index in [1.807, 2.05) is 0 Å². The summed E-state index contributed by atoms with van der Waals surface area (Å²) in [7, 11) is 0. The second-order valence-electron chi connectivity index (χ2n) is 1.80. The second-order valence-corrected chi connectivity index (χ2v) is 1.80. The zero-order valence-electron chi connectivity index (χ0n) is 6.20. The van der Waals surface area contributed by atoms with Crippen molar-refractivity contribution in [3.63, 3.8) is 0 Å². The summed E-state index contributed by atoms with van der Waals surface area (Å²) in [5, 5.41) is 17.7. The molecule has 0 aromatic heterocycles. The molecule has 62 valence electrons. The van der Waals surface area contributed by atoms with Crippen molar-refractivity contribution in [1.82, 2.24) is 0 Å². The molecule has 0 unspecified atom stereocenters. The van der Waals surface area contributed by atoms with Crippen molar-refractivity contribution in [3.05, 3.63) is 24.3 Å². The molecule has 0 aliphatic carbocycles. The standard InChI is InChI=1S/C7H12N2O2/c1-2-6(10)7(11)9-5-3-4-8/h2,5,10-11H,1,3-4,8H2/b7-6-,9-5+. The molecule has 4 N–H and O–H groups in total. The summed E-state index contributed by atoms with van der Waals surface area (Å²) in [5.41, 5.74) is 5.15. The van der Waals surface area contributed by atoms with Gasteiger partial charge in [-0.25, -0.2) is 4.99 Å². The molecule has 4 nitrogen and oxygen atoms in total. The number of hydrogen-bond donors (Lipinski definition) is 3. The fourth-order valence-electron chi connectivity index (χ4n) is 0.383. The van der Waals surface area contributed by atoms with E-state index in [0.29, 0.717) is 13.0 Å². The molecule has 0 fully saturated rings. The van der Waals surface area contributed by atoms with Gasteiger partial charge in [-0.15, -0.1) is 0 Å². The van der Waals surface area contributed by atoms with Gasteiger partial charge in [0, 0.05) is 6.21 Å². The van der Waals surface area contributed by atoms with Crippen LogP contribution in [0.5, 0.6) is 0 Å². The number of rotatable bonds is 4. The van der Waals surface area contributed by atoms with Crippen molar-refractivity contribution in [2.24, 2.45) is 10.7 Å². The Kier molecular flexibility index (Phi) is 4.85. The van der Waals surface area contributed by atoms with E-state index in [4.69, 9.17) is 15.9 Å². The molecule has 0 radical (unpaired) electrons. The van der Waals surface area contributed by atoms with Crippen LogP contribution in [0.25, 0.3) is 0 Å². The van der Waals surface area contributed by atoms with Gasteiger partial charge in [0.2, 0.25) is 0 Å². The van der Waals surface area contributed by atoms with Crippen LogP contribution in [0.1, 0.15) is 6.42 Å². The molecular formula is C7H12N2O2. The van der Waals surface area contributed by atoms with E-state index in [9.17, 15) is 0 Å². The van der Waals surface area contributed by atoms with E-state index < -0.39 is 5.88 Å². The summed E-state index contributed by atoms with van der Waals surface area (Å²) >= 11 is 0. The maximum Gasteiger partial charge on any atom is 0.253 e. The van der Waals surface area contributed by atoms with E-state index >= 15 is 0 Å². The highest BCUT2D eigenvalue weighted by atomic mass is 16.3. The highest BCUT2D eigenvalue weighted by molar-refractivity contribution is 5.58. The highest BCUT2D eigenvalue weighted by Crippen LogP contribution is 1.98. The molecule has 0 saturated heterocycles. The van der Waals surface area contributed by atoms with Crippen molar-refractivity contribution in [1.29, 1.82) is 0 Å². The average molecular weight is 156 g/mol. The van der Waals surface area contributed by atoms with E-state index in [0.717, 1.165) is 6.08 Å². The maximum atomic E-state index is 8.86. The van der Waals surface area contributed by atoms with Crippen LogP contribution < -0.4 is 5.73 Å². The summed E-state index contributed by atoms with van der Waals surface area (Å²) in [6, 6.07) is 0. The van der Waals surface area contributed by atoms with Gasteiger partial charge < -0.3 is 15.9 Å². The monoisotopic (exact) mass is 156 g/mol. The Morgan fingerprint density at radius 3 is 2.64 bits per heavy atom. The molecule has 0 aromatic carbocycles. The molecule has 0 heterocycles. The minimum Gasteiger partial charge on any atom is -0.503 e. The molecule has 0 aromatic rings. The smallest absolute Gasteiger partial charge is 0.253 e. The first-order chi connectivity index (χ1) is 5.22. The Labute approximate surface area is 65.4 Å². The van der Waals surface area contributed by atoms with E-state index in [1.165, 1.54) is 6.21 Å². The second kappa shape index (κ2) is 5.49. The van der Waals surface area contributed by atoms with Crippen LogP contribution in [0.4, 0.5) is 0 Å². The maximum absolute atomic E-state index is 8.86. The lowest BCUT2D eigenvalue weighted by Crippen LogP contribution is -1.98. The lowest BCUT2D eigenvalue weighted by Gasteiger charge is -1.92. The molecule has 11 heavy (non-hydrogen) atoms. The molecule has 0 aliphatic heterocycles. The third-order valence-electron chi connectivity index (χ3n) is 0.932. The first-order valence-electron chi connectivity index (χ1n) is 3.19. The summed E-state index contributed by atoms with van der Waals surface area (Å²) in [6.45, 7) is 3.71. The molecule has 0 atom stereocenters. The van der Waals surface area contributed by atoms with Crippen LogP contribution in [-0.2, 0) is 0 Å². The highest BCUT2D eigenvalue weighted by Gasteiger charge is 1.93. The number of allylic oxidation sites excluding steroid dienone is 1. The fraction of sp³-hybridized carbons (Fsp3) is 0.286. The van der Waals surface area contributed by atoms with Gasteiger partial charge in [0.15, 0.2) is 5.76 Å². The molecule has 4 heteroatoms. The van der Waals surface area contributed by atoms with Crippen molar-refractivity contribution < 1.29 is 10.2 Å². The molecular weight excluding hydrogens is 144 g/mol. The number of aliphatic imine (C=N–C) groups is 1. The van der Waals surface area contributed by atoms with Gasteiger partial charge in [-0.1, -0.05) is 6.58 Å². The predicted molar refractivity (Wildman–Crippen MR) is 44.6 cm³/mol. The SMILES string of the molecule is C=C/C(O)=C(O)\N=C\CCN. The average Bonchev–Trinajstić information content (AvgIpc) is 2.03. The molecule has 0 aliphatic rings. The first-order valence-corrected chi connectivity index (χ1v) is 3.19. The van der Waals surface area contributed by atoms with Gasteiger partial charge in [-0.2, -0.15) is 0 Å². The lowest BCUT2D eigenvalue weighted by atomic mass is 10.4. The number of nitrogens with zero attached hydrogens (tertiary/aromatic N) is 1. The number of nitrogens with two attached hydrogens (primary N) is 1. The normalized spacial score (nSPS) is 13.2. The Bertz CT molecular complexity index is 185. The van der Waals surface area contributed by atoms with Gasteiger partial charge in [0.05, 0.1) is 0 Å². The molecule has 0 bridgehead atoms. The minimum atomic E-state index is -0.437. The lowest BCUT2D eigenvalue weighted by molar-refractivity contribution is 0.335. The fourth-order valence-corrected chi connectivity index (χ4v) is 0.383.